The molecule has 1 N–H and O–H groups in total. The smallest absolute Gasteiger partial charge is 0.0242 e. The maximum Gasteiger partial charge on any atom is 0.0242 e. The number of benzene rings is 1. The Kier molecular flexibility index (Phi) is 6.06. The molecule has 1 saturated heterocycles. The molecule has 0 spiro atoms. The van der Waals surface area contributed by atoms with E-state index in [1.54, 1.807) is 0 Å². The standard InChI is InChI=1S/C18H30N2/c1-4-12-19-13-16-8-6-7-9-17(16)14-20-15(3)10-11-18(20)5-2/h6-9,15,18-19H,4-5,10-14H2,1-3H3. The molecule has 1 fully saturated rings. The van der Waals surface area contributed by atoms with E-state index in [0.717, 1.165) is 31.7 Å². The van der Waals surface area contributed by atoms with Gasteiger partial charge in [0.2, 0.25) is 0 Å². The SMILES string of the molecule is CCCNCc1ccccc1CN1C(C)CCC1CC. The number of rotatable bonds is 7. The van der Waals surface area contributed by atoms with Crippen LogP contribution in [0.15, 0.2) is 24.3 Å². The predicted molar refractivity (Wildman–Crippen MR) is 86.8 cm³/mol. The predicted octanol–water partition coefficient (Wildman–Crippen LogP) is 3.95. The zero-order valence-corrected chi connectivity index (χ0v) is 13.4. The Morgan fingerprint density at radius 1 is 1.15 bits per heavy atom. The van der Waals surface area contributed by atoms with Gasteiger partial charge in [-0.05, 0) is 50.3 Å². The van der Waals surface area contributed by atoms with Gasteiger partial charge in [-0.25, -0.2) is 0 Å². The maximum absolute atomic E-state index is 3.53. The Morgan fingerprint density at radius 3 is 2.60 bits per heavy atom. The summed E-state index contributed by atoms with van der Waals surface area (Å²) >= 11 is 0. The Bertz CT molecular complexity index is 402. The van der Waals surface area contributed by atoms with Crippen LogP contribution in [-0.4, -0.2) is 23.5 Å². The highest BCUT2D eigenvalue weighted by Gasteiger charge is 2.29. The molecule has 0 aromatic heterocycles. The molecule has 0 amide bonds. The fraction of sp³-hybridized carbons (Fsp3) is 0.667. The Hall–Kier alpha value is -0.860. The molecule has 1 aromatic carbocycles. The van der Waals surface area contributed by atoms with E-state index in [-0.39, 0.29) is 0 Å². The molecule has 112 valence electrons. The molecular formula is C18H30N2. The third kappa shape index (κ3) is 3.83. The lowest BCUT2D eigenvalue weighted by Crippen LogP contribution is -2.34. The van der Waals surface area contributed by atoms with E-state index in [9.17, 15) is 0 Å². The van der Waals surface area contributed by atoms with Crippen LogP contribution in [0, 0.1) is 0 Å². The Morgan fingerprint density at radius 2 is 1.90 bits per heavy atom. The highest BCUT2D eigenvalue weighted by Crippen LogP contribution is 2.28. The Labute approximate surface area is 124 Å². The first-order valence-corrected chi connectivity index (χ1v) is 8.29. The van der Waals surface area contributed by atoms with Crippen LogP contribution in [-0.2, 0) is 13.1 Å². The van der Waals surface area contributed by atoms with Crippen molar-refractivity contribution in [2.24, 2.45) is 0 Å². The molecule has 2 unspecified atom stereocenters. The van der Waals surface area contributed by atoms with E-state index in [0.29, 0.717) is 0 Å². The minimum atomic E-state index is 0.733. The lowest BCUT2D eigenvalue weighted by molar-refractivity contribution is 0.189. The van der Waals surface area contributed by atoms with Gasteiger partial charge in [0.05, 0.1) is 0 Å². The quantitative estimate of drug-likeness (QED) is 0.757. The van der Waals surface area contributed by atoms with Crippen molar-refractivity contribution in [3.63, 3.8) is 0 Å². The van der Waals surface area contributed by atoms with E-state index in [4.69, 9.17) is 0 Å². The summed E-state index contributed by atoms with van der Waals surface area (Å²) in [5.41, 5.74) is 2.97. The molecule has 0 radical (unpaired) electrons. The summed E-state index contributed by atoms with van der Waals surface area (Å²) in [4.78, 5) is 2.71. The van der Waals surface area contributed by atoms with Crippen LogP contribution < -0.4 is 5.32 Å². The summed E-state index contributed by atoms with van der Waals surface area (Å²) in [5, 5.41) is 3.53. The first-order valence-electron chi connectivity index (χ1n) is 8.29. The van der Waals surface area contributed by atoms with Crippen LogP contribution >= 0.6 is 0 Å². The van der Waals surface area contributed by atoms with Crippen LogP contribution in [0.3, 0.4) is 0 Å². The summed E-state index contributed by atoms with van der Waals surface area (Å²) in [6, 6.07) is 10.4. The minimum Gasteiger partial charge on any atom is -0.313 e. The normalized spacial score (nSPS) is 23.4. The van der Waals surface area contributed by atoms with Crippen molar-refractivity contribution in [3.05, 3.63) is 35.4 Å². The van der Waals surface area contributed by atoms with Gasteiger partial charge in [-0.15, -0.1) is 0 Å². The second kappa shape index (κ2) is 7.80. The lowest BCUT2D eigenvalue weighted by atomic mass is 10.1. The molecule has 2 rings (SSSR count). The molecule has 2 atom stereocenters. The molecule has 0 aliphatic carbocycles. The van der Waals surface area contributed by atoms with Gasteiger partial charge in [0, 0.05) is 25.2 Å². The van der Waals surface area contributed by atoms with Crippen LogP contribution in [0.2, 0.25) is 0 Å². The summed E-state index contributed by atoms with van der Waals surface area (Å²) in [6.07, 6.45) is 5.20. The topological polar surface area (TPSA) is 15.3 Å². The van der Waals surface area contributed by atoms with Gasteiger partial charge < -0.3 is 5.32 Å². The van der Waals surface area contributed by atoms with Crippen LogP contribution in [0.1, 0.15) is 57.6 Å². The number of nitrogens with one attached hydrogen (secondary N) is 1. The molecule has 1 aromatic rings. The zero-order chi connectivity index (χ0) is 14.4. The van der Waals surface area contributed by atoms with Crippen molar-refractivity contribution in [2.75, 3.05) is 6.54 Å². The molecule has 1 aliphatic rings. The van der Waals surface area contributed by atoms with E-state index in [1.807, 2.05) is 0 Å². The van der Waals surface area contributed by atoms with Crippen molar-refractivity contribution in [1.29, 1.82) is 0 Å². The van der Waals surface area contributed by atoms with Gasteiger partial charge in [-0.3, -0.25) is 4.90 Å². The molecule has 2 nitrogen and oxygen atoms in total. The fourth-order valence-electron chi connectivity index (χ4n) is 3.33. The molecule has 20 heavy (non-hydrogen) atoms. The largest absolute Gasteiger partial charge is 0.313 e. The van der Waals surface area contributed by atoms with Gasteiger partial charge in [0.1, 0.15) is 0 Å². The first kappa shape index (κ1) is 15.5. The summed E-state index contributed by atoms with van der Waals surface area (Å²) in [6.45, 7) is 10.1. The van der Waals surface area contributed by atoms with E-state index in [2.05, 4.69) is 55.3 Å². The van der Waals surface area contributed by atoms with Crippen molar-refractivity contribution in [3.8, 4) is 0 Å². The van der Waals surface area contributed by atoms with E-state index >= 15 is 0 Å². The Balaban J connectivity index is 2.04. The second-order valence-corrected chi connectivity index (χ2v) is 6.11. The van der Waals surface area contributed by atoms with Gasteiger partial charge in [-0.2, -0.15) is 0 Å². The monoisotopic (exact) mass is 274 g/mol. The third-order valence-corrected chi connectivity index (χ3v) is 4.64. The number of hydrogen-bond donors (Lipinski definition) is 1. The zero-order valence-electron chi connectivity index (χ0n) is 13.4. The summed E-state index contributed by atoms with van der Waals surface area (Å²) in [5.74, 6) is 0. The summed E-state index contributed by atoms with van der Waals surface area (Å²) < 4.78 is 0. The van der Waals surface area contributed by atoms with Crippen LogP contribution in [0.25, 0.3) is 0 Å². The van der Waals surface area contributed by atoms with E-state index in [1.165, 1.54) is 36.8 Å². The minimum absolute atomic E-state index is 0.733. The lowest BCUT2D eigenvalue weighted by Gasteiger charge is -2.28. The fourth-order valence-corrected chi connectivity index (χ4v) is 3.33. The molecule has 1 aliphatic heterocycles. The number of hydrogen-bond acceptors (Lipinski definition) is 2. The van der Waals surface area contributed by atoms with E-state index < -0.39 is 0 Å². The van der Waals surface area contributed by atoms with Gasteiger partial charge >= 0.3 is 0 Å². The molecule has 0 saturated carbocycles. The molecule has 1 heterocycles. The van der Waals surface area contributed by atoms with Crippen molar-refractivity contribution < 1.29 is 0 Å². The first-order chi connectivity index (χ1) is 9.76. The highest BCUT2D eigenvalue weighted by molar-refractivity contribution is 5.27. The second-order valence-electron chi connectivity index (χ2n) is 6.11. The third-order valence-electron chi connectivity index (χ3n) is 4.64. The number of likely N-dealkylation sites (tertiary alicyclic amines) is 1. The van der Waals surface area contributed by atoms with Crippen molar-refractivity contribution in [1.82, 2.24) is 10.2 Å². The highest BCUT2D eigenvalue weighted by atomic mass is 15.2. The van der Waals surface area contributed by atoms with Crippen LogP contribution in [0.4, 0.5) is 0 Å². The maximum atomic E-state index is 3.53. The summed E-state index contributed by atoms with van der Waals surface area (Å²) in [7, 11) is 0. The van der Waals surface area contributed by atoms with Gasteiger partial charge in [-0.1, -0.05) is 38.1 Å². The molecular weight excluding hydrogens is 244 g/mol. The van der Waals surface area contributed by atoms with Crippen LogP contribution in [0.5, 0.6) is 0 Å². The molecule has 0 bridgehead atoms. The van der Waals surface area contributed by atoms with Crippen molar-refractivity contribution in [2.45, 2.75) is 71.6 Å². The number of nitrogens with zero attached hydrogens (tertiary/aromatic N) is 1. The van der Waals surface area contributed by atoms with Gasteiger partial charge in [0.15, 0.2) is 0 Å². The average Bonchev–Trinajstić information content (AvgIpc) is 2.82. The molecule has 2 heteroatoms. The van der Waals surface area contributed by atoms with Crippen molar-refractivity contribution >= 4 is 0 Å². The average molecular weight is 274 g/mol. The van der Waals surface area contributed by atoms with Gasteiger partial charge in [0.25, 0.3) is 0 Å².